The molecule has 8 heteroatoms. The maximum absolute atomic E-state index is 11.3. The minimum Gasteiger partial charge on any atom is -0.375 e. The van der Waals surface area contributed by atoms with Gasteiger partial charge in [0.05, 0.1) is 0 Å². The van der Waals surface area contributed by atoms with Crippen LogP contribution in [0.15, 0.2) is 0 Å². The van der Waals surface area contributed by atoms with Gasteiger partial charge in [-0.15, -0.1) is 0 Å². The van der Waals surface area contributed by atoms with Crippen LogP contribution in [-0.4, -0.2) is 26.9 Å². The minimum atomic E-state index is -5.06. The number of aliphatic hydroxyl groups excluding tert-OH is 1. The Hall–Kier alpha value is 0.320. The van der Waals surface area contributed by atoms with Crippen LogP contribution in [0.1, 0.15) is 0 Å². The Morgan fingerprint density at radius 3 is 1.60 bits per heavy atom. The maximum Gasteiger partial charge on any atom is 0.423 e. The molecule has 0 amide bonds. The summed E-state index contributed by atoms with van der Waals surface area (Å²) in [6, 6.07) is 0. The fourth-order valence-corrected chi connectivity index (χ4v) is 0.931. The average molecular weight is 196 g/mol. The van der Waals surface area contributed by atoms with Gasteiger partial charge in [-0.1, -0.05) is 0 Å². The van der Waals surface area contributed by atoms with Crippen molar-refractivity contribution >= 4 is 18.3 Å². The summed E-state index contributed by atoms with van der Waals surface area (Å²) in [5.41, 5.74) is 0. The first-order valence-corrected chi connectivity index (χ1v) is 4.73. The molecule has 0 radical (unpaired) electrons. The lowest BCUT2D eigenvalue weighted by molar-refractivity contribution is -0.179. The molecule has 0 aliphatic rings. The number of rotatable bonds is 1. The summed E-state index contributed by atoms with van der Waals surface area (Å²) < 4.78 is 34.0. The fourth-order valence-electron chi connectivity index (χ4n) is 0.191. The van der Waals surface area contributed by atoms with Crippen molar-refractivity contribution < 1.29 is 28.1 Å². The minimum absolute atomic E-state index is 3.20. The molecule has 1 unspecified atom stereocenters. The molecule has 0 rings (SSSR count). The highest BCUT2D eigenvalue weighted by Crippen LogP contribution is 2.47. The second kappa shape index (κ2) is 2.75. The van der Waals surface area contributed by atoms with Gasteiger partial charge >= 0.3 is 6.18 Å². The van der Waals surface area contributed by atoms with E-state index >= 15 is 0 Å². The largest absolute Gasteiger partial charge is 0.423 e. The fraction of sp³-hybridized carbons (Fsp3) is 1.00. The van der Waals surface area contributed by atoms with E-state index in [1.54, 1.807) is 0 Å². The lowest BCUT2D eigenvalue weighted by Gasteiger charge is -2.17. The molecule has 62 valence electrons. The normalized spacial score (nSPS) is 17.0. The molecule has 0 saturated carbocycles. The lowest BCUT2D eigenvalue weighted by atomic mass is 10.7. The molecule has 0 aromatic rings. The molecule has 3 N–H and O–H groups in total. The van der Waals surface area contributed by atoms with E-state index in [1.807, 2.05) is 0 Å². The standard InChI is InChI=1S/C2H4F3O3PS/c3-2(4,5)1(6)9(7,8)10/h1,6H,(H2,7,8,10). The lowest BCUT2D eigenvalue weighted by Crippen LogP contribution is -2.27. The van der Waals surface area contributed by atoms with E-state index in [4.69, 9.17) is 14.9 Å². The van der Waals surface area contributed by atoms with Gasteiger partial charge in [-0.2, -0.15) is 13.2 Å². The summed E-state index contributed by atoms with van der Waals surface area (Å²) >= 11 is 3.61. The predicted molar refractivity (Wildman–Crippen MR) is 30.8 cm³/mol. The summed E-state index contributed by atoms with van der Waals surface area (Å²) in [7, 11) is 0. The Morgan fingerprint density at radius 1 is 1.30 bits per heavy atom. The number of hydrogen-bond acceptors (Lipinski definition) is 2. The molecule has 0 fully saturated rings. The van der Waals surface area contributed by atoms with E-state index in [2.05, 4.69) is 11.8 Å². The van der Waals surface area contributed by atoms with Gasteiger partial charge in [-0.25, -0.2) is 0 Å². The Morgan fingerprint density at radius 2 is 1.60 bits per heavy atom. The highest BCUT2D eigenvalue weighted by Gasteiger charge is 2.46. The van der Waals surface area contributed by atoms with Crippen molar-refractivity contribution in [3.63, 3.8) is 0 Å². The number of aliphatic hydroxyl groups is 1. The molecule has 0 saturated heterocycles. The SMILES string of the molecule is OC(C(F)(F)F)P(O)(O)=S. The summed E-state index contributed by atoms with van der Waals surface area (Å²) in [5, 5.41) is 8.04. The number of hydrogen-bond donors (Lipinski definition) is 3. The third-order valence-electron chi connectivity index (χ3n) is 0.611. The van der Waals surface area contributed by atoms with Crippen molar-refractivity contribution in [3.05, 3.63) is 0 Å². The summed E-state index contributed by atoms with van der Waals surface area (Å²) in [6.07, 6.45) is -5.06. The molecule has 0 aromatic heterocycles. The molecule has 1 atom stereocenters. The Bertz CT molecular complexity index is 162. The second-order valence-corrected chi connectivity index (χ2v) is 4.78. The summed E-state index contributed by atoms with van der Waals surface area (Å²) in [5.74, 6) is -3.20. The highest BCUT2D eigenvalue weighted by molar-refractivity contribution is 8.09. The van der Waals surface area contributed by atoms with Crippen LogP contribution < -0.4 is 0 Å². The molecular formula is C2H4F3O3PS. The van der Waals surface area contributed by atoms with Crippen LogP contribution in [0.5, 0.6) is 0 Å². The Kier molecular flexibility index (Phi) is 2.84. The van der Waals surface area contributed by atoms with E-state index in [0.717, 1.165) is 0 Å². The van der Waals surface area contributed by atoms with Crippen LogP contribution in [0.3, 0.4) is 0 Å². The third kappa shape index (κ3) is 2.94. The van der Waals surface area contributed by atoms with Crippen molar-refractivity contribution in [1.29, 1.82) is 0 Å². The highest BCUT2D eigenvalue weighted by atomic mass is 32.5. The third-order valence-corrected chi connectivity index (χ3v) is 2.14. The summed E-state index contributed by atoms with van der Waals surface area (Å²) in [4.78, 5) is 16.3. The van der Waals surface area contributed by atoms with Crippen molar-refractivity contribution in [2.24, 2.45) is 0 Å². The van der Waals surface area contributed by atoms with E-state index in [0.29, 0.717) is 0 Å². The number of halogens is 3. The predicted octanol–water partition coefficient (Wildman–Crippen LogP) is 0.161. The van der Waals surface area contributed by atoms with Crippen molar-refractivity contribution in [2.75, 3.05) is 0 Å². The van der Waals surface area contributed by atoms with E-state index in [-0.39, 0.29) is 0 Å². The van der Waals surface area contributed by atoms with Gasteiger partial charge in [-0.3, -0.25) is 0 Å². The first kappa shape index (κ1) is 10.3. The quantitative estimate of drug-likeness (QED) is 0.523. The zero-order valence-corrected chi connectivity index (χ0v) is 6.12. The molecule has 0 aliphatic heterocycles. The molecule has 0 spiro atoms. The monoisotopic (exact) mass is 196 g/mol. The Balaban J connectivity index is 4.39. The van der Waals surface area contributed by atoms with Crippen molar-refractivity contribution in [1.82, 2.24) is 0 Å². The molecule has 0 aliphatic carbocycles. The van der Waals surface area contributed by atoms with Crippen LogP contribution in [0.25, 0.3) is 0 Å². The molecule has 0 bridgehead atoms. The number of alkyl halides is 3. The molecular weight excluding hydrogens is 192 g/mol. The van der Waals surface area contributed by atoms with Crippen LogP contribution in [0.4, 0.5) is 13.2 Å². The first-order valence-electron chi connectivity index (χ1n) is 1.95. The van der Waals surface area contributed by atoms with Crippen molar-refractivity contribution in [2.45, 2.75) is 12.0 Å². The van der Waals surface area contributed by atoms with Crippen LogP contribution in [0.2, 0.25) is 0 Å². The van der Waals surface area contributed by atoms with Gasteiger partial charge in [-0.05, 0) is 11.8 Å². The van der Waals surface area contributed by atoms with Crippen LogP contribution in [-0.2, 0) is 11.8 Å². The van der Waals surface area contributed by atoms with Gasteiger partial charge in [0.25, 0.3) is 0 Å². The molecule has 0 aromatic carbocycles. The van der Waals surface area contributed by atoms with Gasteiger partial charge in [0.2, 0.25) is 12.3 Å². The molecule has 3 nitrogen and oxygen atoms in total. The van der Waals surface area contributed by atoms with Crippen molar-refractivity contribution in [3.8, 4) is 0 Å². The average Bonchev–Trinajstić information content (AvgIpc) is 1.59. The topological polar surface area (TPSA) is 60.7 Å². The first-order chi connectivity index (χ1) is 4.15. The zero-order valence-electron chi connectivity index (χ0n) is 4.41. The van der Waals surface area contributed by atoms with E-state index in [9.17, 15) is 13.2 Å². The van der Waals surface area contributed by atoms with E-state index in [1.165, 1.54) is 0 Å². The van der Waals surface area contributed by atoms with Crippen LogP contribution >= 0.6 is 6.49 Å². The Labute approximate surface area is 59.3 Å². The second-order valence-electron chi connectivity index (χ2n) is 1.50. The smallest absolute Gasteiger partial charge is 0.375 e. The van der Waals surface area contributed by atoms with Gasteiger partial charge < -0.3 is 14.9 Å². The van der Waals surface area contributed by atoms with Gasteiger partial charge in [0, 0.05) is 0 Å². The summed E-state index contributed by atoms with van der Waals surface area (Å²) in [6.45, 7) is -4.61. The molecule has 0 heterocycles. The van der Waals surface area contributed by atoms with E-state index < -0.39 is 18.5 Å². The van der Waals surface area contributed by atoms with Gasteiger partial charge in [0.1, 0.15) is 0 Å². The molecule has 10 heavy (non-hydrogen) atoms. The maximum atomic E-state index is 11.3. The van der Waals surface area contributed by atoms with Crippen LogP contribution in [0, 0.1) is 0 Å². The van der Waals surface area contributed by atoms with Gasteiger partial charge in [0.15, 0.2) is 0 Å². The zero-order chi connectivity index (χ0) is 8.58.